The summed E-state index contributed by atoms with van der Waals surface area (Å²) in [6.45, 7) is 9.26. The highest BCUT2D eigenvalue weighted by Gasteiger charge is 2.52. The predicted molar refractivity (Wildman–Crippen MR) is 572 cm³/mol. The monoisotopic (exact) mass is 1780 g/mol. The first-order chi connectivity index (χ1) is 68.0. The van der Waals surface area contributed by atoms with Gasteiger partial charge in [-0.05, 0) is 225 Å². The van der Waals surface area contributed by atoms with Gasteiger partial charge in [-0.15, -0.1) is 11.3 Å². The molecule has 0 radical (unpaired) electrons. The van der Waals surface area contributed by atoms with Crippen molar-refractivity contribution >= 4 is 140 Å². The fourth-order valence-corrected chi connectivity index (χ4v) is 25.1. The van der Waals surface area contributed by atoms with E-state index in [0.717, 1.165) is 162 Å². The molecule has 0 amide bonds. The number of nitrogens with zero attached hydrogens (tertiary/aromatic N) is 6. The van der Waals surface area contributed by atoms with Gasteiger partial charge in [0, 0.05) is 91.3 Å². The fourth-order valence-electron chi connectivity index (χ4n) is 23.9. The minimum atomic E-state index is -0.441. The lowest BCUT2D eigenvalue weighted by molar-refractivity contribution is 0.490. The van der Waals surface area contributed by atoms with E-state index >= 15 is 0 Å². The van der Waals surface area contributed by atoms with Gasteiger partial charge < -0.3 is 8.83 Å². The van der Waals surface area contributed by atoms with Crippen LogP contribution in [0.25, 0.3) is 242 Å². The molecule has 0 fully saturated rings. The first-order valence-electron chi connectivity index (χ1n) is 47.8. The Morgan fingerprint density at radius 2 is 0.565 bits per heavy atom. The molecule has 0 bridgehead atoms. The van der Waals surface area contributed by atoms with Crippen molar-refractivity contribution in [3.8, 4) is 112 Å². The van der Waals surface area contributed by atoms with Crippen molar-refractivity contribution in [3.63, 3.8) is 0 Å². The van der Waals surface area contributed by atoms with E-state index in [1.165, 1.54) is 131 Å². The van der Waals surface area contributed by atoms with Crippen molar-refractivity contribution in [1.29, 1.82) is 0 Å². The Hall–Kier alpha value is -17.0. The quantitative estimate of drug-likeness (QED) is 0.148. The van der Waals surface area contributed by atoms with Crippen molar-refractivity contribution in [2.45, 2.75) is 56.8 Å². The van der Waals surface area contributed by atoms with Gasteiger partial charge >= 0.3 is 0 Å². The molecule has 648 valence electrons. The Bertz CT molecular complexity index is 9620. The van der Waals surface area contributed by atoms with Crippen LogP contribution in [0.2, 0.25) is 0 Å². The first-order valence-corrected chi connectivity index (χ1v) is 48.6. The van der Waals surface area contributed by atoms with Crippen molar-refractivity contribution in [1.82, 2.24) is 29.9 Å². The lowest BCUT2D eigenvalue weighted by atomic mass is 9.70. The molecule has 26 aromatic rings. The molecular formula is C129H84N6O2S. The molecule has 4 aliphatic rings. The molecule has 9 heteroatoms. The summed E-state index contributed by atoms with van der Waals surface area (Å²) in [6, 6.07) is 148. The van der Waals surface area contributed by atoms with Crippen LogP contribution in [0.3, 0.4) is 0 Å². The molecule has 20 aromatic carbocycles. The Labute approximate surface area is 799 Å². The smallest absolute Gasteiger partial charge is 0.160 e. The van der Waals surface area contributed by atoms with Crippen LogP contribution < -0.4 is 0 Å². The molecule has 8 nitrogen and oxygen atoms in total. The van der Waals surface area contributed by atoms with Crippen LogP contribution in [0.15, 0.2) is 421 Å². The molecule has 30 rings (SSSR count). The maximum Gasteiger partial charge on any atom is 0.160 e. The Morgan fingerprint density at radius 1 is 0.225 bits per heavy atom. The number of furan rings is 2. The summed E-state index contributed by atoms with van der Waals surface area (Å²) < 4.78 is 15.5. The van der Waals surface area contributed by atoms with Crippen molar-refractivity contribution in [3.05, 3.63) is 457 Å². The van der Waals surface area contributed by atoms with E-state index in [1.54, 1.807) is 0 Å². The number of benzene rings is 20. The van der Waals surface area contributed by atoms with Crippen LogP contribution in [-0.2, 0) is 16.2 Å². The van der Waals surface area contributed by atoms with Crippen LogP contribution in [-0.4, -0.2) is 29.9 Å². The molecule has 0 saturated heterocycles. The SMILES string of the molecule is CC1(C)c2ccccc2-c2ccc(-c3nc(-c4ccccc4)c4ccc5oc6cc7ccccc7cc6c5c4n3)cc21.CCC1(CC)c2ccccc2-c2cc(-c3nc(-c4ccccc4)c4ccc5sc6cc7ccccc7cc6c5c4n3)ccc21.c1ccc(-c2nc(-c3ccc4c(c3)C3(c5ccccc5-c5ccccc53)c3ccccc3-4)nc3c2ccc2oc4cc5ccccc5cc4c23)cc1. The van der Waals surface area contributed by atoms with E-state index < -0.39 is 5.41 Å². The maximum absolute atomic E-state index is 6.53. The Balaban J connectivity index is 0.000000103. The van der Waals surface area contributed by atoms with Gasteiger partial charge in [-0.2, -0.15) is 0 Å². The number of thiophene rings is 1. The van der Waals surface area contributed by atoms with Gasteiger partial charge in [-0.3, -0.25) is 0 Å². The van der Waals surface area contributed by atoms with Crippen LogP contribution in [0.5, 0.6) is 0 Å². The highest BCUT2D eigenvalue weighted by molar-refractivity contribution is 7.26. The third-order valence-corrected chi connectivity index (χ3v) is 31.6. The summed E-state index contributed by atoms with van der Waals surface area (Å²) >= 11 is 1.85. The van der Waals surface area contributed by atoms with Gasteiger partial charge in [-0.25, -0.2) is 29.9 Å². The van der Waals surface area contributed by atoms with Gasteiger partial charge in [-0.1, -0.05) is 349 Å². The van der Waals surface area contributed by atoms with E-state index in [-0.39, 0.29) is 10.8 Å². The minimum Gasteiger partial charge on any atom is -0.456 e. The molecule has 4 aliphatic carbocycles. The maximum atomic E-state index is 6.53. The zero-order chi connectivity index (χ0) is 91.4. The van der Waals surface area contributed by atoms with E-state index in [0.29, 0.717) is 5.82 Å². The van der Waals surface area contributed by atoms with E-state index in [1.807, 2.05) is 17.4 Å². The van der Waals surface area contributed by atoms with Gasteiger partial charge in [0.1, 0.15) is 22.3 Å². The van der Waals surface area contributed by atoms with Gasteiger partial charge in [0.2, 0.25) is 0 Å². The topological polar surface area (TPSA) is 104 Å². The molecule has 0 atom stereocenters. The summed E-state index contributed by atoms with van der Waals surface area (Å²) in [5.74, 6) is 2.19. The van der Waals surface area contributed by atoms with E-state index in [9.17, 15) is 0 Å². The Kier molecular flexibility index (Phi) is 17.6. The highest BCUT2D eigenvalue weighted by atomic mass is 32.1. The second kappa shape index (κ2) is 30.5. The normalized spacial score (nSPS) is 13.6. The first kappa shape index (κ1) is 79.6. The van der Waals surface area contributed by atoms with Crippen LogP contribution in [0.4, 0.5) is 0 Å². The van der Waals surface area contributed by atoms with Crippen molar-refractivity contribution in [2.24, 2.45) is 0 Å². The second-order valence-electron chi connectivity index (χ2n) is 37.9. The number of hydrogen-bond acceptors (Lipinski definition) is 9. The molecule has 6 aromatic heterocycles. The van der Waals surface area contributed by atoms with Gasteiger partial charge in [0.05, 0.1) is 49.8 Å². The zero-order valence-corrected chi connectivity index (χ0v) is 76.9. The lowest BCUT2D eigenvalue weighted by Crippen LogP contribution is -2.25. The molecule has 0 saturated carbocycles. The van der Waals surface area contributed by atoms with E-state index in [4.69, 9.17) is 38.7 Å². The van der Waals surface area contributed by atoms with Crippen molar-refractivity contribution < 1.29 is 8.83 Å². The highest BCUT2D eigenvalue weighted by Crippen LogP contribution is 2.64. The number of aromatic nitrogens is 6. The zero-order valence-electron chi connectivity index (χ0n) is 76.1. The average Bonchev–Trinajstić information content (AvgIpc) is 1.50. The summed E-state index contributed by atoms with van der Waals surface area (Å²) in [4.78, 5) is 32.2. The van der Waals surface area contributed by atoms with Crippen LogP contribution in [0.1, 0.15) is 85.0 Å². The fraction of sp³-hybridized carbons (Fsp3) is 0.0698. The van der Waals surface area contributed by atoms with Crippen LogP contribution in [0, 0.1) is 0 Å². The summed E-state index contributed by atoms with van der Waals surface area (Å²) in [5.41, 5.74) is 36.0. The standard InChI is InChI=1S/C49H28N2O.C41H30N2S.C39H26N2O/c1-2-12-29(13-3-1)46-37-24-25-43-45(38-26-30-14-4-5-15-31(30)28-44(38)52-43)47(37)51-48(50-46)32-22-23-36-35-18-8-11-21-41(35)49(42(36)27-32)39-19-9-6-16-33(39)34-17-7-10-20-40(34)49;1-3-41(4-2)33-17-11-10-16-29(33)31-23-28(18-20-34(31)41)40-42-38(25-12-6-5-7-13-25)30-19-21-35-37(39(30)43-40)32-22-26-14-8-9-15-27(26)24-36(32)44-35;1-39(2)31-15-9-8-14-27(31)28-17-16-26(21-32(28)39)38-40-36(23-10-4-3-5-11-23)29-18-19-33-35(37(29)41-38)30-20-24-12-6-7-13-25(24)22-34(30)42-33/h1-28H;5-24H,3-4H2,1-2H3;3-22H,1-2H3. The van der Waals surface area contributed by atoms with Crippen LogP contribution >= 0.6 is 11.3 Å². The second-order valence-corrected chi connectivity index (χ2v) is 38.9. The summed E-state index contributed by atoms with van der Waals surface area (Å²) in [6.07, 6.45) is 2.16. The van der Waals surface area contributed by atoms with Gasteiger partial charge in [0.25, 0.3) is 0 Å². The lowest BCUT2D eigenvalue weighted by Gasteiger charge is -2.30. The molecular weight excluding hydrogens is 1700 g/mol. The Morgan fingerprint density at radius 3 is 1.03 bits per heavy atom. The largest absolute Gasteiger partial charge is 0.456 e. The summed E-state index contributed by atoms with van der Waals surface area (Å²) in [5, 5.41) is 17.0. The molecule has 1 spiro atoms. The van der Waals surface area contributed by atoms with E-state index in [2.05, 4.69) is 434 Å². The molecule has 0 aliphatic heterocycles. The molecule has 6 heterocycles. The van der Waals surface area contributed by atoms with Gasteiger partial charge in [0.15, 0.2) is 17.5 Å². The number of hydrogen-bond donors (Lipinski definition) is 0. The third kappa shape index (κ3) is 11.8. The summed E-state index contributed by atoms with van der Waals surface area (Å²) in [7, 11) is 0. The third-order valence-electron chi connectivity index (χ3n) is 30.5. The molecule has 0 unspecified atom stereocenters. The predicted octanol–water partition coefficient (Wildman–Crippen LogP) is 34.3. The number of rotatable bonds is 8. The molecule has 138 heavy (non-hydrogen) atoms. The number of fused-ring (bicyclic) bond motifs is 34. The molecule has 0 N–H and O–H groups in total. The average molecular weight is 1780 g/mol. The minimum absolute atomic E-state index is 0.0500. The van der Waals surface area contributed by atoms with Crippen molar-refractivity contribution in [2.75, 3.05) is 0 Å².